The number of hydrogen-bond acceptors (Lipinski definition) is 3. The van der Waals surface area contributed by atoms with Crippen molar-refractivity contribution >= 4 is 41.5 Å². The van der Waals surface area contributed by atoms with Gasteiger partial charge in [-0.3, -0.25) is 4.99 Å². The highest BCUT2D eigenvalue weighted by molar-refractivity contribution is 14.0. The first-order chi connectivity index (χ1) is 12.0. The quantitative estimate of drug-likeness (QED) is 0.359. The molecule has 7 heteroatoms. The van der Waals surface area contributed by atoms with Crippen molar-refractivity contribution < 1.29 is 4.74 Å². The van der Waals surface area contributed by atoms with Gasteiger partial charge >= 0.3 is 0 Å². The summed E-state index contributed by atoms with van der Waals surface area (Å²) < 4.78 is 5.40. The summed E-state index contributed by atoms with van der Waals surface area (Å²) in [5.41, 5.74) is 1.06. The van der Waals surface area contributed by atoms with Crippen molar-refractivity contribution in [1.82, 2.24) is 15.5 Å². The predicted octanol–water partition coefficient (Wildman–Crippen LogP) is 3.75. The molecule has 1 saturated heterocycles. The van der Waals surface area contributed by atoms with E-state index in [1.165, 1.54) is 6.54 Å². The van der Waals surface area contributed by atoms with E-state index in [-0.39, 0.29) is 24.0 Å². The van der Waals surface area contributed by atoms with Crippen molar-refractivity contribution in [3.05, 3.63) is 28.8 Å². The Labute approximate surface area is 179 Å². The van der Waals surface area contributed by atoms with Gasteiger partial charge < -0.3 is 20.3 Å². The first-order valence-electron chi connectivity index (χ1n) is 9.03. The fraction of sp³-hybridized carbons (Fsp3) is 0.632. The first-order valence-corrected chi connectivity index (χ1v) is 9.41. The average Bonchev–Trinajstić information content (AvgIpc) is 2.60. The molecule has 0 atom stereocenters. The molecule has 0 aromatic heterocycles. The van der Waals surface area contributed by atoms with E-state index >= 15 is 0 Å². The van der Waals surface area contributed by atoms with Crippen LogP contribution >= 0.6 is 35.6 Å². The number of likely N-dealkylation sites (tertiary alicyclic amines) is 1. The Kier molecular flexibility index (Phi) is 10.6. The number of hydrogen-bond donors (Lipinski definition) is 2. The Balaban J connectivity index is 0.00000338. The van der Waals surface area contributed by atoms with Gasteiger partial charge in [-0.15, -0.1) is 24.0 Å². The third kappa shape index (κ3) is 7.48. The van der Waals surface area contributed by atoms with E-state index in [0.717, 1.165) is 49.1 Å². The van der Waals surface area contributed by atoms with E-state index < -0.39 is 0 Å². The number of methoxy groups -OCH3 is 1. The molecule has 0 amide bonds. The molecule has 0 bridgehead atoms. The molecule has 0 spiro atoms. The predicted molar refractivity (Wildman–Crippen MR) is 121 cm³/mol. The molecule has 1 heterocycles. The smallest absolute Gasteiger partial charge is 0.191 e. The lowest BCUT2D eigenvalue weighted by Gasteiger charge is -2.34. The molecule has 1 aliphatic heterocycles. The number of nitrogens with zero attached hydrogens (tertiary/aromatic N) is 2. The summed E-state index contributed by atoms with van der Waals surface area (Å²) in [6.07, 6.45) is 2.30. The summed E-state index contributed by atoms with van der Waals surface area (Å²) in [6.45, 7) is 8.69. The van der Waals surface area contributed by atoms with E-state index in [1.54, 1.807) is 7.11 Å². The number of rotatable bonds is 6. The van der Waals surface area contributed by atoms with Crippen molar-refractivity contribution in [2.24, 2.45) is 10.9 Å². The maximum Gasteiger partial charge on any atom is 0.191 e. The van der Waals surface area contributed by atoms with Gasteiger partial charge in [-0.1, -0.05) is 31.5 Å². The van der Waals surface area contributed by atoms with E-state index in [9.17, 15) is 0 Å². The molecule has 2 N–H and O–H groups in total. The van der Waals surface area contributed by atoms with Crippen LogP contribution in [0.2, 0.25) is 5.02 Å². The Morgan fingerprint density at radius 2 is 2.04 bits per heavy atom. The lowest BCUT2D eigenvalue weighted by molar-refractivity contribution is 0.187. The van der Waals surface area contributed by atoms with Crippen LogP contribution in [0.15, 0.2) is 23.2 Å². The fourth-order valence-corrected chi connectivity index (χ4v) is 3.37. The fourth-order valence-electron chi connectivity index (χ4n) is 3.21. The number of guanidine groups is 1. The van der Waals surface area contributed by atoms with Crippen molar-refractivity contribution in [2.45, 2.75) is 39.3 Å². The largest absolute Gasteiger partial charge is 0.496 e. The van der Waals surface area contributed by atoms with Crippen LogP contribution in [-0.2, 0) is 6.54 Å². The summed E-state index contributed by atoms with van der Waals surface area (Å²) in [5.74, 6) is 2.35. The van der Waals surface area contributed by atoms with E-state index in [2.05, 4.69) is 34.4 Å². The highest BCUT2D eigenvalue weighted by Gasteiger charge is 2.20. The minimum Gasteiger partial charge on any atom is -0.496 e. The van der Waals surface area contributed by atoms with Gasteiger partial charge in [0.05, 0.1) is 7.11 Å². The zero-order valence-electron chi connectivity index (χ0n) is 16.2. The van der Waals surface area contributed by atoms with Crippen LogP contribution in [0.1, 0.15) is 32.3 Å². The Hall–Kier alpha value is -0.730. The summed E-state index contributed by atoms with van der Waals surface area (Å²) in [4.78, 5) is 6.90. The second-order valence-corrected chi connectivity index (χ2v) is 7.43. The number of piperidine rings is 1. The summed E-state index contributed by atoms with van der Waals surface area (Å²) in [7, 11) is 3.47. The molecule has 0 saturated carbocycles. The topological polar surface area (TPSA) is 48.9 Å². The molecule has 148 valence electrons. The maximum absolute atomic E-state index is 6.02. The molecule has 0 aliphatic carbocycles. The number of nitrogens with one attached hydrogen (secondary N) is 2. The van der Waals surface area contributed by atoms with Crippen molar-refractivity contribution in [3.63, 3.8) is 0 Å². The van der Waals surface area contributed by atoms with Crippen LogP contribution < -0.4 is 15.4 Å². The van der Waals surface area contributed by atoms with Crippen molar-refractivity contribution in [1.29, 1.82) is 0 Å². The number of halogens is 2. The van der Waals surface area contributed by atoms with Crippen molar-refractivity contribution in [3.8, 4) is 5.75 Å². The summed E-state index contributed by atoms with van der Waals surface area (Å²) in [5, 5.41) is 7.59. The van der Waals surface area contributed by atoms with Gasteiger partial charge in [0.2, 0.25) is 0 Å². The lowest BCUT2D eigenvalue weighted by Crippen LogP contribution is -2.49. The van der Waals surface area contributed by atoms with Crippen LogP contribution in [0.3, 0.4) is 0 Å². The van der Waals surface area contributed by atoms with Gasteiger partial charge in [0.15, 0.2) is 5.96 Å². The zero-order valence-corrected chi connectivity index (χ0v) is 19.3. The Morgan fingerprint density at radius 1 is 1.35 bits per heavy atom. The van der Waals surface area contributed by atoms with Crippen LogP contribution in [0.4, 0.5) is 0 Å². The summed E-state index contributed by atoms with van der Waals surface area (Å²) in [6, 6.07) is 6.16. The molecule has 1 aromatic carbocycles. The van der Waals surface area contributed by atoms with Gasteiger partial charge in [0.25, 0.3) is 0 Å². The van der Waals surface area contributed by atoms with Crippen molar-refractivity contribution in [2.75, 3.05) is 33.8 Å². The molecule has 1 fully saturated rings. The van der Waals surface area contributed by atoms with Crippen LogP contribution in [0.5, 0.6) is 5.75 Å². The molecule has 0 unspecified atom stereocenters. The zero-order chi connectivity index (χ0) is 18.2. The highest BCUT2D eigenvalue weighted by Crippen LogP contribution is 2.22. The van der Waals surface area contributed by atoms with Crippen LogP contribution in [-0.4, -0.2) is 50.7 Å². The number of benzene rings is 1. The van der Waals surface area contributed by atoms with Gasteiger partial charge in [-0.25, -0.2) is 0 Å². The second kappa shape index (κ2) is 11.9. The minimum atomic E-state index is 0. The molecule has 5 nitrogen and oxygen atoms in total. The van der Waals surface area contributed by atoms with Crippen LogP contribution in [0, 0.1) is 5.92 Å². The normalized spacial score (nSPS) is 16.3. The van der Waals surface area contributed by atoms with E-state index in [4.69, 9.17) is 16.3 Å². The van der Waals surface area contributed by atoms with Gasteiger partial charge in [-0.05, 0) is 30.9 Å². The van der Waals surface area contributed by atoms with Gasteiger partial charge in [0, 0.05) is 49.9 Å². The van der Waals surface area contributed by atoms with E-state index in [1.807, 2.05) is 25.2 Å². The first kappa shape index (κ1) is 23.3. The Bertz CT molecular complexity index is 575. The van der Waals surface area contributed by atoms with Gasteiger partial charge in [0.1, 0.15) is 5.75 Å². The molecule has 0 radical (unpaired) electrons. The third-order valence-electron chi connectivity index (χ3n) is 4.47. The molecular formula is C19H32ClIN4O. The standard InChI is InChI=1S/C19H31ClN4O.HI/c1-14(2)13-24-9-7-17(8-10-24)23-19(21-3)22-12-15-5-6-16(20)11-18(15)25-4;/h5-6,11,14,17H,7-10,12-13H2,1-4H3,(H2,21,22,23);1H. The molecule has 1 aliphatic rings. The average molecular weight is 495 g/mol. The maximum atomic E-state index is 6.02. The molecule has 26 heavy (non-hydrogen) atoms. The third-order valence-corrected chi connectivity index (χ3v) is 4.71. The number of aliphatic imine (C=N–C) groups is 1. The van der Waals surface area contributed by atoms with E-state index in [0.29, 0.717) is 17.6 Å². The second-order valence-electron chi connectivity index (χ2n) is 7.00. The monoisotopic (exact) mass is 494 g/mol. The highest BCUT2D eigenvalue weighted by atomic mass is 127. The number of ether oxygens (including phenoxy) is 1. The van der Waals surface area contributed by atoms with Crippen LogP contribution in [0.25, 0.3) is 0 Å². The SMILES string of the molecule is CN=C(NCc1ccc(Cl)cc1OC)NC1CCN(CC(C)C)CC1.I. The molecular weight excluding hydrogens is 463 g/mol. The molecule has 1 aromatic rings. The molecule has 2 rings (SSSR count). The van der Waals surface area contributed by atoms with Gasteiger partial charge in [-0.2, -0.15) is 0 Å². The summed E-state index contributed by atoms with van der Waals surface area (Å²) >= 11 is 6.02. The lowest BCUT2D eigenvalue weighted by atomic mass is 10.0. The minimum absolute atomic E-state index is 0. The Morgan fingerprint density at radius 3 is 2.62 bits per heavy atom.